The number of ether oxygens (including phenoxy) is 2. The van der Waals surface area contributed by atoms with Gasteiger partial charge in [-0.3, -0.25) is 0 Å². The fourth-order valence-electron chi connectivity index (χ4n) is 2.70. The van der Waals surface area contributed by atoms with Gasteiger partial charge in [-0.2, -0.15) is 0 Å². The Bertz CT molecular complexity index is 1020. The van der Waals surface area contributed by atoms with Gasteiger partial charge in [0, 0.05) is 12.4 Å². The molecule has 0 fully saturated rings. The van der Waals surface area contributed by atoms with Crippen molar-refractivity contribution in [1.82, 2.24) is 8.96 Å². The van der Waals surface area contributed by atoms with E-state index in [9.17, 15) is 8.42 Å². The van der Waals surface area contributed by atoms with Gasteiger partial charge in [0.1, 0.15) is 0 Å². The van der Waals surface area contributed by atoms with Crippen LogP contribution in [0.3, 0.4) is 0 Å². The van der Waals surface area contributed by atoms with Crippen LogP contribution in [-0.4, -0.2) is 31.1 Å². The largest absolute Gasteiger partial charge is 0.493 e. The third-order valence-corrected chi connectivity index (χ3v) is 5.76. The Kier molecular flexibility index (Phi) is 5.51. The molecule has 0 spiro atoms. The molecule has 0 aliphatic heterocycles. The highest BCUT2D eigenvalue weighted by atomic mass is 32.2. The van der Waals surface area contributed by atoms with Gasteiger partial charge >= 0.3 is 0 Å². The Morgan fingerprint density at radius 3 is 2.52 bits per heavy atom. The van der Waals surface area contributed by atoms with Gasteiger partial charge in [-0.15, -0.1) is 0 Å². The second kappa shape index (κ2) is 7.84. The number of para-hydroxylation sites is 1. The minimum Gasteiger partial charge on any atom is -0.493 e. The molecule has 0 amide bonds. The van der Waals surface area contributed by atoms with Gasteiger partial charge < -0.3 is 9.47 Å². The van der Waals surface area contributed by atoms with E-state index in [-0.39, 0.29) is 10.7 Å². The first kappa shape index (κ1) is 19.0. The highest BCUT2D eigenvalue weighted by Crippen LogP contribution is 2.38. The van der Waals surface area contributed by atoms with Crippen molar-refractivity contribution in [3.63, 3.8) is 0 Å². The SMILES string of the molecule is CCCOc1c(OC)cccc1-c1nccn1S(=O)(=O)c1ccc(C)cc1. The van der Waals surface area contributed by atoms with Crippen molar-refractivity contribution in [2.75, 3.05) is 13.7 Å². The van der Waals surface area contributed by atoms with E-state index >= 15 is 0 Å². The number of aryl methyl sites for hydroxylation is 1. The summed E-state index contributed by atoms with van der Waals surface area (Å²) in [7, 11) is -2.24. The molecule has 27 heavy (non-hydrogen) atoms. The monoisotopic (exact) mass is 386 g/mol. The summed E-state index contributed by atoms with van der Waals surface area (Å²) in [5, 5.41) is 0. The molecule has 0 atom stereocenters. The summed E-state index contributed by atoms with van der Waals surface area (Å²) in [4.78, 5) is 4.49. The Labute approximate surface area is 159 Å². The smallest absolute Gasteiger partial charge is 0.269 e. The molecule has 3 aromatic rings. The van der Waals surface area contributed by atoms with E-state index in [1.807, 2.05) is 13.8 Å². The molecule has 0 saturated carbocycles. The zero-order valence-electron chi connectivity index (χ0n) is 15.5. The summed E-state index contributed by atoms with van der Waals surface area (Å²) in [6.45, 7) is 4.39. The fraction of sp³-hybridized carbons (Fsp3) is 0.250. The van der Waals surface area contributed by atoms with Gasteiger partial charge in [-0.1, -0.05) is 30.7 Å². The standard InChI is InChI=1S/C20H22N2O4S/c1-4-14-26-19-17(6-5-7-18(19)25-3)20-21-12-13-22(20)27(23,24)16-10-8-15(2)9-11-16/h5-13H,4,14H2,1-3H3. The molecule has 142 valence electrons. The second-order valence-corrected chi connectivity index (χ2v) is 7.87. The number of nitrogens with zero attached hydrogens (tertiary/aromatic N) is 2. The number of hydrogen-bond donors (Lipinski definition) is 0. The lowest BCUT2D eigenvalue weighted by Crippen LogP contribution is -2.14. The van der Waals surface area contributed by atoms with E-state index in [1.54, 1.807) is 49.6 Å². The molecule has 0 N–H and O–H groups in total. The highest BCUT2D eigenvalue weighted by Gasteiger charge is 2.24. The zero-order chi connectivity index (χ0) is 19.4. The van der Waals surface area contributed by atoms with Crippen LogP contribution in [0.15, 0.2) is 59.8 Å². The molecule has 6 nitrogen and oxygen atoms in total. The molecule has 0 bridgehead atoms. The summed E-state index contributed by atoms with van der Waals surface area (Å²) in [5.41, 5.74) is 1.55. The summed E-state index contributed by atoms with van der Waals surface area (Å²) < 4.78 is 38.7. The van der Waals surface area contributed by atoms with E-state index in [4.69, 9.17) is 9.47 Å². The van der Waals surface area contributed by atoms with Crippen molar-refractivity contribution >= 4 is 10.0 Å². The summed E-state index contributed by atoms with van der Waals surface area (Å²) in [6, 6.07) is 12.1. The number of hydrogen-bond acceptors (Lipinski definition) is 5. The van der Waals surface area contributed by atoms with Gasteiger partial charge in [-0.05, 0) is 37.6 Å². The van der Waals surface area contributed by atoms with E-state index < -0.39 is 10.0 Å². The van der Waals surface area contributed by atoms with Crippen LogP contribution < -0.4 is 9.47 Å². The predicted octanol–water partition coefficient (Wildman–Crippen LogP) is 3.89. The average Bonchev–Trinajstić information content (AvgIpc) is 3.17. The Morgan fingerprint density at radius 2 is 1.85 bits per heavy atom. The van der Waals surface area contributed by atoms with Crippen molar-refractivity contribution in [3.05, 3.63) is 60.4 Å². The molecule has 0 radical (unpaired) electrons. The third kappa shape index (κ3) is 3.68. The molecule has 0 aliphatic rings. The maximum absolute atomic E-state index is 13.1. The first-order valence-electron chi connectivity index (χ1n) is 8.64. The normalized spacial score (nSPS) is 11.4. The fourth-order valence-corrected chi connectivity index (χ4v) is 4.00. The topological polar surface area (TPSA) is 70.4 Å². The molecular formula is C20H22N2O4S. The summed E-state index contributed by atoms with van der Waals surface area (Å²) in [5.74, 6) is 1.29. The molecule has 0 saturated heterocycles. The minimum atomic E-state index is -3.79. The van der Waals surface area contributed by atoms with Crippen LogP contribution in [0.4, 0.5) is 0 Å². The van der Waals surface area contributed by atoms with Crippen LogP contribution in [-0.2, 0) is 10.0 Å². The molecule has 7 heteroatoms. The molecular weight excluding hydrogens is 364 g/mol. The van der Waals surface area contributed by atoms with Crippen LogP contribution in [0, 0.1) is 6.92 Å². The van der Waals surface area contributed by atoms with Crippen molar-refractivity contribution in [3.8, 4) is 22.9 Å². The van der Waals surface area contributed by atoms with Gasteiger partial charge in [0.05, 0.1) is 24.2 Å². The Balaban J connectivity index is 2.14. The van der Waals surface area contributed by atoms with Gasteiger partial charge in [0.15, 0.2) is 17.3 Å². The Morgan fingerprint density at radius 1 is 1.11 bits per heavy atom. The summed E-state index contributed by atoms with van der Waals surface area (Å²) in [6.07, 6.45) is 3.71. The van der Waals surface area contributed by atoms with Crippen LogP contribution in [0.1, 0.15) is 18.9 Å². The predicted molar refractivity (Wildman–Crippen MR) is 104 cm³/mol. The van der Waals surface area contributed by atoms with Crippen LogP contribution in [0.25, 0.3) is 11.4 Å². The quantitative estimate of drug-likeness (QED) is 0.616. The highest BCUT2D eigenvalue weighted by molar-refractivity contribution is 7.90. The van der Waals surface area contributed by atoms with Crippen molar-refractivity contribution in [1.29, 1.82) is 0 Å². The lowest BCUT2D eigenvalue weighted by Gasteiger charge is -2.16. The number of rotatable bonds is 7. The van der Waals surface area contributed by atoms with Crippen LogP contribution >= 0.6 is 0 Å². The lowest BCUT2D eigenvalue weighted by atomic mass is 10.1. The minimum absolute atomic E-state index is 0.200. The van der Waals surface area contributed by atoms with Crippen LogP contribution in [0.2, 0.25) is 0 Å². The van der Waals surface area contributed by atoms with Crippen molar-refractivity contribution < 1.29 is 17.9 Å². The van der Waals surface area contributed by atoms with E-state index in [0.29, 0.717) is 23.7 Å². The maximum Gasteiger partial charge on any atom is 0.269 e. The maximum atomic E-state index is 13.1. The Hall–Kier alpha value is -2.80. The molecule has 3 rings (SSSR count). The zero-order valence-corrected chi connectivity index (χ0v) is 16.4. The van der Waals surface area contributed by atoms with E-state index in [0.717, 1.165) is 12.0 Å². The number of imidazole rings is 1. The van der Waals surface area contributed by atoms with Gasteiger partial charge in [0.25, 0.3) is 10.0 Å². The first-order valence-corrected chi connectivity index (χ1v) is 10.1. The lowest BCUT2D eigenvalue weighted by molar-refractivity contribution is 0.295. The van der Waals surface area contributed by atoms with Crippen molar-refractivity contribution in [2.24, 2.45) is 0 Å². The van der Waals surface area contributed by atoms with E-state index in [1.165, 1.54) is 16.4 Å². The van der Waals surface area contributed by atoms with Crippen molar-refractivity contribution in [2.45, 2.75) is 25.2 Å². The van der Waals surface area contributed by atoms with Gasteiger partial charge in [0.2, 0.25) is 0 Å². The van der Waals surface area contributed by atoms with E-state index in [2.05, 4.69) is 4.98 Å². The third-order valence-electron chi connectivity index (χ3n) is 4.08. The molecule has 0 unspecified atom stereocenters. The number of benzene rings is 2. The molecule has 1 aromatic heterocycles. The molecule has 1 heterocycles. The average molecular weight is 386 g/mol. The molecule has 0 aliphatic carbocycles. The van der Waals surface area contributed by atoms with Crippen LogP contribution in [0.5, 0.6) is 11.5 Å². The second-order valence-electron chi connectivity index (χ2n) is 6.05. The first-order chi connectivity index (χ1) is 13.0. The number of methoxy groups -OCH3 is 1. The number of aromatic nitrogens is 2. The van der Waals surface area contributed by atoms with Gasteiger partial charge in [-0.25, -0.2) is 17.4 Å². The molecule has 2 aromatic carbocycles. The summed E-state index contributed by atoms with van der Waals surface area (Å²) >= 11 is 0.